The minimum atomic E-state index is -1.09. The molecule has 4 nitrogen and oxygen atoms in total. The van der Waals surface area contributed by atoms with Gasteiger partial charge in [-0.15, -0.1) is 0 Å². The van der Waals surface area contributed by atoms with Gasteiger partial charge in [-0.3, -0.25) is 4.79 Å². The largest absolute Gasteiger partial charge is 0.478 e. The molecule has 0 bridgehead atoms. The quantitative estimate of drug-likeness (QED) is 0.907. The number of carbonyl (C=O) groups is 2. The molecule has 2 rings (SSSR count). The van der Waals surface area contributed by atoms with Crippen molar-refractivity contribution >= 4 is 29.2 Å². The van der Waals surface area contributed by atoms with E-state index in [1.165, 1.54) is 6.07 Å². The van der Waals surface area contributed by atoms with Crippen molar-refractivity contribution in [2.75, 3.05) is 5.32 Å². The van der Waals surface area contributed by atoms with E-state index in [9.17, 15) is 9.59 Å². The lowest BCUT2D eigenvalue weighted by molar-refractivity contribution is 0.0698. The van der Waals surface area contributed by atoms with Crippen LogP contribution in [-0.2, 0) is 0 Å². The first-order valence-corrected chi connectivity index (χ1v) is 6.27. The molecule has 0 atom stereocenters. The molecule has 2 N–H and O–H groups in total. The highest BCUT2D eigenvalue weighted by Gasteiger charge is 2.16. The van der Waals surface area contributed by atoms with Gasteiger partial charge in [0.05, 0.1) is 21.8 Å². The van der Waals surface area contributed by atoms with Crippen molar-refractivity contribution in [1.82, 2.24) is 0 Å². The van der Waals surface area contributed by atoms with Crippen LogP contribution in [0.15, 0.2) is 42.5 Å². The Morgan fingerprint density at radius 3 is 2.35 bits per heavy atom. The SMILES string of the molecule is Cc1cccc(C(=O)O)c1NC(=O)c1ccccc1Cl. The number of anilines is 1. The third-order valence-corrected chi connectivity index (χ3v) is 3.19. The molecular weight excluding hydrogens is 278 g/mol. The van der Waals surface area contributed by atoms with Gasteiger partial charge >= 0.3 is 5.97 Å². The van der Waals surface area contributed by atoms with Gasteiger partial charge < -0.3 is 10.4 Å². The van der Waals surface area contributed by atoms with E-state index in [1.807, 2.05) is 0 Å². The smallest absolute Gasteiger partial charge is 0.337 e. The third-order valence-electron chi connectivity index (χ3n) is 2.86. The molecule has 0 aliphatic heterocycles. The molecule has 102 valence electrons. The number of carboxylic acid groups (broad SMARTS) is 1. The van der Waals surface area contributed by atoms with Gasteiger partial charge in [0.1, 0.15) is 0 Å². The Hall–Kier alpha value is -2.33. The van der Waals surface area contributed by atoms with Crippen LogP contribution in [0.1, 0.15) is 26.3 Å². The second-order valence-electron chi connectivity index (χ2n) is 4.24. The number of para-hydroxylation sites is 1. The van der Waals surface area contributed by atoms with E-state index < -0.39 is 11.9 Å². The normalized spacial score (nSPS) is 10.1. The molecule has 0 saturated heterocycles. The number of nitrogens with one attached hydrogen (secondary N) is 1. The Morgan fingerprint density at radius 1 is 1.05 bits per heavy atom. The van der Waals surface area contributed by atoms with Gasteiger partial charge in [-0.1, -0.05) is 35.9 Å². The molecule has 20 heavy (non-hydrogen) atoms. The van der Waals surface area contributed by atoms with Gasteiger partial charge in [0.25, 0.3) is 5.91 Å². The first-order chi connectivity index (χ1) is 9.50. The zero-order valence-electron chi connectivity index (χ0n) is 10.7. The highest BCUT2D eigenvalue weighted by molar-refractivity contribution is 6.34. The van der Waals surface area contributed by atoms with Gasteiger partial charge in [-0.05, 0) is 30.7 Å². The molecule has 0 heterocycles. The van der Waals surface area contributed by atoms with Crippen LogP contribution in [0, 0.1) is 6.92 Å². The monoisotopic (exact) mass is 289 g/mol. The predicted molar refractivity (Wildman–Crippen MR) is 77.5 cm³/mol. The average molecular weight is 290 g/mol. The summed E-state index contributed by atoms with van der Waals surface area (Å²) >= 11 is 5.95. The number of carbonyl (C=O) groups excluding carboxylic acids is 1. The van der Waals surface area contributed by atoms with Crippen LogP contribution in [0.25, 0.3) is 0 Å². The number of hydrogen-bond acceptors (Lipinski definition) is 2. The van der Waals surface area contributed by atoms with Crippen molar-refractivity contribution in [2.45, 2.75) is 6.92 Å². The summed E-state index contributed by atoms with van der Waals surface area (Å²) in [6, 6.07) is 11.4. The van der Waals surface area contributed by atoms with Crippen molar-refractivity contribution in [3.8, 4) is 0 Å². The summed E-state index contributed by atoms with van der Waals surface area (Å²) in [7, 11) is 0. The highest BCUT2D eigenvalue weighted by Crippen LogP contribution is 2.23. The van der Waals surface area contributed by atoms with Crippen LogP contribution in [0.5, 0.6) is 0 Å². The van der Waals surface area contributed by atoms with E-state index in [-0.39, 0.29) is 11.3 Å². The summed E-state index contributed by atoms with van der Waals surface area (Å²) in [5.74, 6) is -1.53. The van der Waals surface area contributed by atoms with Crippen LogP contribution >= 0.6 is 11.6 Å². The molecule has 5 heteroatoms. The molecule has 0 unspecified atom stereocenters. The maximum atomic E-state index is 12.2. The van der Waals surface area contributed by atoms with Crippen LogP contribution < -0.4 is 5.32 Å². The summed E-state index contributed by atoms with van der Waals surface area (Å²) in [6.07, 6.45) is 0. The van der Waals surface area contributed by atoms with Gasteiger partial charge in [0.15, 0.2) is 0 Å². The molecule has 0 radical (unpaired) electrons. The first-order valence-electron chi connectivity index (χ1n) is 5.89. The number of aryl methyl sites for hydroxylation is 1. The van der Waals surface area contributed by atoms with Crippen LogP contribution in [0.3, 0.4) is 0 Å². The van der Waals surface area contributed by atoms with Crippen molar-refractivity contribution < 1.29 is 14.7 Å². The Kier molecular flexibility index (Phi) is 4.05. The third kappa shape index (κ3) is 2.81. The van der Waals surface area contributed by atoms with Gasteiger partial charge in [-0.2, -0.15) is 0 Å². The standard InChI is InChI=1S/C15H12ClNO3/c1-9-5-4-7-11(15(19)20)13(9)17-14(18)10-6-2-3-8-12(10)16/h2-8H,1H3,(H,17,18)(H,19,20). The number of aromatic carboxylic acids is 1. The van der Waals surface area contributed by atoms with E-state index in [0.717, 1.165) is 0 Å². The van der Waals surface area contributed by atoms with Crippen molar-refractivity contribution in [3.05, 3.63) is 64.2 Å². The molecule has 2 aromatic rings. The molecule has 0 aliphatic rings. The number of halogens is 1. The van der Waals surface area contributed by atoms with E-state index >= 15 is 0 Å². The molecule has 2 aromatic carbocycles. The summed E-state index contributed by atoms with van der Waals surface area (Å²) in [4.78, 5) is 23.4. The fourth-order valence-electron chi connectivity index (χ4n) is 1.84. The molecule has 0 aromatic heterocycles. The zero-order chi connectivity index (χ0) is 14.7. The van der Waals surface area contributed by atoms with E-state index in [2.05, 4.69) is 5.32 Å². The first kappa shape index (κ1) is 14.1. The van der Waals surface area contributed by atoms with Gasteiger partial charge in [0.2, 0.25) is 0 Å². The summed E-state index contributed by atoms with van der Waals surface area (Å²) in [5.41, 5.74) is 1.30. The second kappa shape index (κ2) is 5.75. The van der Waals surface area contributed by atoms with Crippen molar-refractivity contribution in [3.63, 3.8) is 0 Å². The molecule has 0 saturated carbocycles. The number of hydrogen-bond donors (Lipinski definition) is 2. The minimum absolute atomic E-state index is 0.0467. The van der Waals surface area contributed by atoms with E-state index in [0.29, 0.717) is 16.1 Å². The number of carboxylic acids is 1. The summed E-state index contributed by atoms with van der Waals surface area (Å²) in [5, 5.41) is 12.1. The lowest BCUT2D eigenvalue weighted by atomic mass is 10.1. The molecular formula is C15H12ClNO3. The lowest BCUT2D eigenvalue weighted by Crippen LogP contribution is -2.16. The van der Waals surface area contributed by atoms with Crippen LogP contribution in [0.2, 0.25) is 5.02 Å². The molecule has 1 amide bonds. The van der Waals surface area contributed by atoms with Crippen LogP contribution in [-0.4, -0.2) is 17.0 Å². The Balaban J connectivity index is 2.38. The predicted octanol–water partition coefficient (Wildman–Crippen LogP) is 3.60. The average Bonchev–Trinajstić information content (AvgIpc) is 2.41. The molecule has 0 spiro atoms. The maximum absolute atomic E-state index is 12.2. The van der Waals surface area contributed by atoms with Gasteiger partial charge in [0, 0.05) is 0 Å². The fraction of sp³-hybridized carbons (Fsp3) is 0.0667. The number of rotatable bonds is 3. The zero-order valence-corrected chi connectivity index (χ0v) is 11.4. The number of amides is 1. The van der Waals surface area contributed by atoms with Crippen molar-refractivity contribution in [2.24, 2.45) is 0 Å². The van der Waals surface area contributed by atoms with Crippen molar-refractivity contribution in [1.29, 1.82) is 0 Å². The number of benzene rings is 2. The van der Waals surface area contributed by atoms with E-state index in [1.54, 1.807) is 43.3 Å². The Bertz CT molecular complexity index is 683. The van der Waals surface area contributed by atoms with E-state index in [4.69, 9.17) is 16.7 Å². The highest BCUT2D eigenvalue weighted by atomic mass is 35.5. The molecule has 0 fully saturated rings. The van der Waals surface area contributed by atoms with Gasteiger partial charge in [-0.25, -0.2) is 4.79 Å². The molecule has 0 aliphatic carbocycles. The maximum Gasteiger partial charge on any atom is 0.337 e. The summed E-state index contributed by atoms with van der Waals surface area (Å²) < 4.78 is 0. The second-order valence-corrected chi connectivity index (χ2v) is 4.64. The van der Waals surface area contributed by atoms with Crippen LogP contribution in [0.4, 0.5) is 5.69 Å². The Morgan fingerprint density at radius 2 is 1.70 bits per heavy atom. The fourth-order valence-corrected chi connectivity index (χ4v) is 2.06. The minimum Gasteiger partial charge on any atom is -0.478 e. The topological polar surface area (TPSA) is 66.4 Å². The Labute approximate surface area is 121 Å². The summed E-state index contributed by atoms with van der Waals surface area (Å²) in [6.45, 7) is 1.73. The lowest BCUT2D eigenvalue weighted by Gasteiger charge is -2.12.